The molecule has 0 saturated carbocycles. The molecule has 6 heteroatoms. The van der Waals surface area contributed by atoms with Crippen LogP contribution in [0.25, 0.3) is 16.6 Å². The summed E-state index contributed by atoms with van der Waals surface area (Å²) in [6.45, 7) is 5.55. The van der Waals surface area contributed by atoms with Gasteiger partial charge in [0.05, 0.1) is 0 Å². The molecule has 2 N–H and O–H groups in total. The maximum Gasteiger partial charge on any atom is 0.123 e. The minimum atomic E-state index is 0.766. The molecule has 0 unspecified atom stereocenters. The average Bonchev–Trinajstić information content (AvgIpc) is 3.39. The molecule has 1 aliphatic rings. The predicted molar refractivity (Wildman–Crippen MR) is 115 cm³/mol. The Balaban J connectivity index is 1.11. The zero-order valence-electron chi connectivity index (χ0n) is 16.5. The Morgan fingerprint density at radius 1 is 1.03 bits per heavy atom. The highest BCUT2D eigenvalue weighted by Gasteiger charge is 2.25. The first-order valence-corrected chi connectivity index (χ1v) is 10.3. The molecular formula is C23H26N6. The van der Waals surface area contributed by atoms with Crippen molar-refractivity contribution in [2.75, 3.05) is 26.2 Å². The van der Waals surface area contributed by atoms with Gasteiger partial charge in [0.25, 0.3) is 0 Å². The minimum absolute atomic E-state index is 0.766. The second-order valence-corrected chi connectivity index (χ2v) is 7.91. The quantitative estimate of drug-likeness (QED) is 0.489. The Kier molecular flexibility index (Phi) is 5.11. The molecule has 4 aromatic rings. The number of hydrogen-bond acceptors (Lipinski definition) is 4. The molecule has 5 rings (SSSR count). The smallest absolute Gasteiger partial charge is 0.123 e. The lowest BCUT2D eigenvalue weighted by Gasteiger charge is -2.39. The van der Waals surface area contributed by atoms with Crippen molar-refractivity contribution in [3.8, 4) is 5.69 Å². The van der Waals surface area contributed by atoms with E-state index in [4.69, 9.17) is 0 Å². The molecule has 0 bridgehead atoms. The third-order valence-electron chi connectivity index (χ3n) is 5.80. The highest BCUT2D eigenvalue weighted by Crippen LogP contribution is 2.23. The van der Waals surface area contributed by atoms with Gasteiger partial charge < -0.3 is 15.2 Å². The Morgan fingerprint density at radius 3 is 2.69 bits per heavy atom. The van der Waals surface area contributed by atoms with Crippen LogP contribution < -0.4 is 5.32 Å². The minimum Gasteiger partial charge on any atom is -0.361 e. The number of aromatic nitrogens is 4. The molecule has 0 amide bonds. The lowest BCUT2D eigenvalue weighted by atomic mass is 9.99. The fourth-order valence-electron chi connectivity index (χ4n) is 4.15. The monoisotopic (exact) mass is 386 g/mol. The van der Waals surface area contributed by atoms with Crippen molar-refractivity contribution in [1.29, 1.82) is 0 Å². The lowest BCUT2D eigenvalue weighted by molar-refractivity contribution is 0.101. The van der Waals surface area contributed by atoms with Gasteiger partial charge in [0.2, 0.25) is 0 Å². The zero-order valence-corrected chi connectivity index (χ0v) is 16.5. The van der Waals surface area contributed by atoms with Crippen LogP contribution in [-0.4, -0.2) is 50.8 Å². The summed E-state index contributed by atoms with van der Waals surface area (Å²) in [4.78, 5) is 5.96. The predicted octanol–water partition coefficient (Wildman–Crippen LogP) is 3.01. The molecule has 148 valence electrons. The van der Waals surface area contributed by atoms with E-state index in [2.05, 4.69) is 80.1 Å². The maximum absolute atomic E-state index is 3.91. The number of benzene rings is 2. The van der Waals surface area contributed by atoms with Crippen molar-refractivity contribution >= 4 is 10.9 Å². The molecule has 1 aliphatic heterocycles. The number of nitrogens with one attached hydrogen (secondary N) is 2. The van der Waals surface area contributed by atoms with Crippen LogP contribution in [0.4, 0.5) is 0 Å². The number of aromatic amines is 1. The molecule has 3 heterocycles. The summed E-state index contributed by atoms with van der Waals surface area (Å²) in [5.74, 6) is 0.766. The van der Waals surface area contributed by atoms with Crippen molar-refractivity contribution in [3.05, 3.63) is 78.5 Å². The van der Waals surface area contributed by atoms with E-state index in [1.54, 1.807) is 12.7 Å². The number of hydrogen-bond donors (Lipinski definition) is 2. The van der Waals surface area contributed by atoms with Crippen molar-refractivity contribution in [3.63, 3.8) is 0 Å². The largest absolute Gasteiger partial charge is 0.361 e. The molecule has 0 radical (unpaired) electrons. The third-order valence-corrected chi connectivity index (χ3v) is 5.80. The van der Waals surface area contributed by atoms with Crippen LogP contribution in [0.15, 0.2) is 67.4 Å². The van der Waals surface area contributed by atoms with Crippen LogP contribution in [0.3, 0.4) is 0 Å². The van der Waals surface area contributed by atoms with Gasteiger partial charge in [-0.2, -0.15) is 0 Å². The topological polar surface area (TPSA) is 61.8 Å². The first-order valence-electron chi connectivity index (χ1n) is 10.3. The third kappa shape index (κ3) is 4.09. The summed E-state index contributed by atoms with van der Waals surface area (Å²) in [5, 5.41) is 12.7. The van der Waals surface area contributed by atoms with Crippen molar-refractivity contribution in [2.45, 2.75) is 13.0 Å². The van der Waals surface area contributed by atoms with Crippen LogP contribution in [0, 0.1) is 5.92 Å². The fourth-order valence-corrected chi connectivity index (χ4v) is 4.15. The lowest BCUT2D eigenvalue weighted by Crippen LogP contribution is -2.51. The molecule has 2 aromatic carbocycles. The van der Waals surface area contributed by atoms with Gasteiger partial charge in [0, 0.05) is 55.5 Å². The van der Waals surface area contributed by atoms with E-state index in [1.807, 2.05) is 4.57 Å². The molecular weight excluding hydrogens is 360 g/mol. The number of fused-ring (bicyclic) bond motifs is 1. The van der Waals surface area contributed by atoms with Crippen LogP contribution in [0.5, 0.6) is 0 Å². The summed E-state index contributed by atoms with van der Waals surface area (Å²) < 4.78 is 1.94. The van der Waals surface area contributed by atoms with Crippen molar-refractivity contribution in [2.24, 2.45) is 5.92 Å². The number of rotatable bonds is 8. The second-order valence-electron chi connectivity index (χ2n) is 7.91. The Hall–Kier alpha value is -2.96. The van der Waals surface area contributed by atoms with Gasteiger partial charge in [-0.3, -0.25) is 4.57 Å². The first-order chi connectivity index (χ1) is 14.3. The molecule has 29 heavy (non-hydrogen) atoms. The van der Waals surface area contributed by atoms with Gasteiger partial charge in [0.1, 0.15) is 12.7 Å². The van der Waals surface area contributed by atoms with Gasteiger partial charge in [-0.1, -0.05) is 30.3 Å². The second kappa shape index (κ2) is 8.19. The SMILES string of the molecule is c1ccc(CNCC2CN(CCc3c[nH]c4ccc(-n5cnnc5)cc34)C2)cc1. The molecule has 0 aliphatic carbocycles. The van der Waals surface area contributed by atoms with Crippen molar-refractivity contribution < 1.29 is 0 Å². The van der Waals surface area contributed by atoms with Crippen LogP contribution >= 0.6 is 0 Å². The van der Waals surface area contributed by atoms with Crippen molar-refractivity contribution in [1.82, 2.24) is 30.0 Å². The average molecular weight is 387 g/mol. The highest BCUT2D eigenvalue weighted by molar-refractivity contribution is 5.85. The van der Waals surface area contributed by atoms with E-state index < -0.39 is 0 Å². The summed E-state index contributed by atoms with van der Waals surface area (Å²) in [6, 6.07) is 17.1. The van der Waals surface area contributed by atoms with Gasteiger partial charge in [0.15, 0.2) is 0 Å². The van der Waals surface area contributed by atoms with Crippen LogP contribution in [0.1, 0.15) is 11.1 Å². The highest BCUT2D eigenvalue weighted by atomic mass is 15.2. The molecule has 1 fully saturated rings. The molecule has 0 spiro atoms. The van der Waals surface area contributed by atoms with E-state index in [-0.39, 0.29) is 0 Å². The number of nitrogens with zero attached hydrogens (tertiary/aromatic N) is 4. The van der Waals surface area contributed by atoms with Gasteiger partial charge in [-0.25, -0.2) is 0 Å². The molecule has 6 nitrogen and oxygen atoms in total. The summed E-state index contributed by atoms with van der Waals surface area (Å²) in [6.07, 6.45) is 6.69. The van der Waals surface area contributed by atoms with Crippen LogP contribution in [0.2, 0.25) is 0 Å². The standard InChI is InChI=1S/C23H26N6/c1-2-4-18(5-3-1)11-24-12-19-14-28(15-19)9-8-20-13-25-23-7-6-21(10-22(20)23)29-16-26-27-17-29/h1-7,10,13,16-17,19,24-25H,8-9,11-12,14-15H2. The Labute approximate surface area is 170 Å². The van der Waals surface area contributed by atoms with Crippen LogP contribution in [-0.2, 0) is 13.0 Å². The summed E-state index contributed by atoms with van der Waals surface area (Å²) in [5.41, 5.74) is 5.01. The summed E-state index contributed by atoms with van der Waals surface area (Å²) in [7, 11) is 0. The van der Waals surface area contributed by atoms with Gasteiger partial charge in [-0.05, 0) is 41.7 Å². The van der Waals surface area contributed by atoms with E-state index >= 15 is 0 Å². The van der Waals surface area contributed by atoms with Gasteiger partial charge >= 0.3 is 0 Å². The fraction of sp³-hybridized carbons (Fsp3) is 0.304. The van der Waals surface area contributed by atoms with Gasteiger partial charge in [-0.15, -0.1) is 10.2 Å². The first kappa shape index (κ1) is 18.1. The zero-order chi connectivity index (χ0) is 19.5. The van der Waals surface area contributed by atoms with E-state index in [9.17, 15) is 0 Å². The normalized spacial score (nSPS) is 15.0. The molecule has 2 aromatic heterocycles. The van der Waals surface area contributed by atoms with E-state index in [1.165, 1.54) is 35.1 Å². The van der Waals surface area contributed by atoms with E-state index in [0.29, 0.717) is 0 Å². The van der Waals surface area contributed by atoms with E-state index in [0.717, 1.165) is 37.7 Å². The Bertz CT molecular complexity index is 1050. The Morgan fingerprint density at radius 2 is 1.86 bits per heavy atom. The maximum atomic E-state index is 3.91. The molecule has 1 saturated heterocycles. The molecule has 0 atom stereocenters. The number of H-pyrrole nitrogens is 1. The number of likely N-dealkylation sites (tertiary alicyclic amines) is 1. The summed E-state index contributed by atoms with van der Waals surface area (Å²) >= 11 is 0.